The van der Waals surface area contributed by atoms with Crippen molar-refractivity contribution in [2.24, 2.45) is 5.73 Å². The maximum absolute atomic E-state index is 11.6. The number of carbonyl (C=O) groups excluding carboxylic acids is 2. The molecule has 0 spiro atoms. The zero-order valence-electron chi connectivity index (χ0n) is 9.18. The van der Waals surface area contributed by atoms with Crippen molar-refractivity contribution in [2.45, 2.75) is 19.3 Å². The van der Waals surface area contributed by atoms with E-state index in [9.17, 15) is 9.59 Å². The Balaban J connectivity index is 2.84. The van der Waals surface area contributed by atoms with Gasteiger partial charge >= 0.3 is 5.97 Å². The van der Waals surface area contributed by atoms with E-state index in [2.05, 4.69) is 0 Å². The average Bonchev–Trinajstić information content (AvgIpc) is 2.27. The Bertz CT molecular complexity index is 362. The normalized spacial score (nSPS) is 11.8. The van der Waals surface area contributed by atoms with E-state index in [0.29, 0.717) is 18.6 Å². The van der Waals surface area contributed by atoms with Crippen LogP contribution in [0.4, 0.5) is 0 Å². The fourth-order valence-electron chi connectivity index (χ4n) is 1.35. The SMILES string of the molecule is CCCOC(=O)C(C(N)=O)c1ccccc1. The summed E-state index contributed by atoms with van der Waals surface area (Å²) in [5, 5.41) is 0. The van der Waals surface area contributed by atoms with E-state index in [1.807, 2.05) is 6.92 Å². The van der Waals surface area contributed by atoms with E-state index in [1.165, 1.54) is 0 Å². The molecule has 0 aliphatic rings. The molecule has 1 amide bonds. The smallest absolute Gasteiger partial charge is 0.323 e. The van der Waals surface area contributed by atoms with Gasteiger partial charge in [-0.05, 0) is 12.0 Å². The topological polar surface area (TPSA) is 69.4 Å². The molecule has 0 radical (unpaired) electrons. The van der Waals surface area contributed by atoms with E-state index in [-0.39, 0.29) is 0 Å². The fourth-order valence-corrected chi connectivity index (χ4v) is 1.35. The van der Waals surface area contributed by atoms with Gasteiger partial charge in [0.15, 0.2) is 5.92 Å². The number of rotatable bonds is 5. The van der Waals surface area contributed by atoms with Crippen molar-refractivity contribution in [1.29, 1.82) is 0 Å². The molecular formula is C12H15NO3. The van der Waals surface area contributed by atoms with Crippen LogP contribution in [0.15, 0.2) is 30.3 Å². The zero-order valence-corrected chi connectivity index (χ0v) is 9.18. The molecule has 0 bridgehead atoms. The van der Waals surface area contributed by atoms with Gasteiger partial charge in [-0.2, -0.15) is 0 Å². The molecule has 0 saturated heterocycles. The van der Waals surface area contributed by atoms with Gasteiger partial charge in [-0.3, -0.25) is 9.59 Å². The minimum absolute atomic E-state index is 0.301. The lowest BCUT2D eigenvalue weighted by Gasteiger charge is -2.12. The molecule has 1 atom stereocenters. The minimum atomic E-state index is -1.01. The highest BCUT2D eigenvalue weighted by Gasteiger charge is 2.27. The number of amides is 1. The minimum Gasteiger partial charge on any atom is -0.465 e. The van der Waals surface area contributed by atoms with Gasteiger partial charge < -0.3 is 10.5 Å². The molecule has 2 N–H and O–H groups in total. The first-order valence-electron chi connectivity index (χ1n) is 5.17. The number of hydrogen-bond acceptors (Lipinski definition) is 3. The van der Waals surface area contributed by atoms with Crippen LogP contribution in [-0.2, 0) is 14.3 Å². The Morgan fingerprint density at radius 2 is 1.94 bits per heavy atom. The largest absolute Gasteiger partial charge is 0.465 e. The number of nitrogens with two attached hydrogens (primary N) is 1. The summed E-state index contributed by atoms with van der Waals surface area (Å²) in [7, 11) is 0. The van der Waals surface area contributed by atoms with Gasteiger partial charge in [0.05, 0.1) is 6.61 Å². The first kappa shape index (κ1) is 12.2. The van der Waals surface area contributed by atoms with E-state index < -0.39 is 17.8 Å². The van der Waals surface area contributed by atoms with Gasteiger partial charge in [-0.1, -0.05) is 37.3 Å². The predicted molar refractivity (Wildman–Crippen MR) is 59.6 cm³/mol. The third kappa shape index (κ3) is 3.08. The second-order valence-electron chi connectivity index (χ2n) is 3.41. The summed E-state index contributed by atoms with van der Waals surface area (Å²) in [5.74, 6) is -2.28. The van der Waals surface area contributed by atoms with Crippen molar-refractivity contribution < 1.29 is 14.3 Å². The Kier molecular flexibility index (Phi) is 4.51. The molecule has 0 heterocycles. The van der Waals surface area contributed by atoms with Gasteiger partial charge in [0.1, 0.15) is 0 Å². The highest BCUT2D eigenvalue weighted by Crippen LogP contribution is 2.16. The van der Waals surface area contributed by atoms with Crippen LogP contribution in [0.3, 0.4) is 0 Å². The molecule has 0 aromatic heterocycles. The molecular weight excluding hydrogens is 206 g/mol. The Morgan fingerprint density at radius 3 is 2.44 bits per heavy atom. The zero-order chi connectivity index (χ0) is 12.0. The molecule has 4 heteroatoms. The quantitative estimate of drug-likeness (QED) is 0.600. The summed E-state index contributed by atoms with van der Waals surface area (Å²) in [4.78, 5) is 22.8. The van der Waals surface area contributed by atoms with E-state index >= 15 is 0 Å². The molecule has 16 heavy (non-hydrogen) atoms. The molecule has 86 valence electrons. The lowest BCUT2D eigenvalue weighted by atomic mass is 9.99. The summed E-state index contributed by atoms with van der Waals surface area (Å²) >= 11 is 0. The molecule has 4 nitrogen and oxygen atoms in total. The first-order chi connectivity index (χ1) is 7.66. The van der Waals surface area contributed by atoms with Crippen molar-refractivity contribution >= 4 is 11.9 Å². The average molecular weight is 221 g/mol. The molecule has 0 aliphatic carbocycles. The molecule has 1 aromatic carbocycles. The van der Waals surface area contributed by atoms with Crippen LogP contribution < -0.4 is 5.73 Å². The van der Waals surface area contributed by atoms with Gasteiger partial charge in [-0.25, -0.2) is 0 Å². The number of carbonyl (C=O) groups is 2. The monoisotopic (exact) mass is 221 g/mol. The second-order valence-corrected chi connectivity index (χ2v) is 3.41. The van der Waals surface area contributed by atoms with E-state index in [0.717, 1.165) is 0 Å². The maximum atomic E-state index is 11.6. The van der Waals surface area contributed by atoms with Gasteiger partial charge in [0.25, 0.3) is 0 Å². The Morgan fingerprint density at radius 1 is 1.31 bits per heavy atom. The van der Waals surface area contributed by atoms with Crippen molar-refractivity contribution in [1.82, 2.24) is 0 Å². The molecule has 0 fully saturated rings. The predicted octanol–water partition coefficient (Wildman–Crippen LogP) is 1.21. The highest BCUT2D eigenvalue weighted by atomic mass is 16.5. The van der Waals surface area contributed by atoms with Crippen molar-refractivity contribution in [3.05, 3.63) is 35.9 Å². The lowest BCUT2D eigenvalue weighted by molar-refractivity contribution is -0.148. The van der Waals surface area contributed by atoms with Crippen molar-refractivity contribution in [3.63, 3.8) is 0 Å². The summed E-state index contributed by atoms with van der Waals surface area (Å²) in [6, 6.07) is 8.67. The summed E-state index contributed by atoms with van der Waals surface area (Å²) in [6.07, 6.45) is 0.714. The number of benzene rings is 1. The Hall–Kier alpha value is -1.84. The van der Waals surface area contributed by atoms with Gasteiger partial charge in [0.2, 0.25) is 5.91 Å². The van der Waals surface area contributed by atoms with Crippen LogP contribution in [-0.4, -0.2) is 18.5 Å². The molecule has 0 aliphatic heterocycles. The third-order valence-corrected chi connectivity index (χ3v) is 2.10. The number of ether oxygens (including phenoxy) is 1. The van der Waals surface area contributed by atoms with Crippen molar-refractivity contribution in [3.8, 4) is 0 Å². The molecule has 1 unspecified atom stereocenters. The Labute approximate surface area is 94.4 Å². The van der Waals surface area contributed by atoms with Gasteiger partial charge in [-0.15, -0.1) is 0 Å². The summed E-state index contributed by atoms with van der Waals surface area (Å²) in [6.45, 7) is 2.19. The van der Waals surface area contributed by atoms with Crippen molar-refractivity contribution in [2.75, 3.05) is 6.61 Å². The number of hydrogen-bond donors (Lipinski definition) is 1. The fraction of sp³-hybridized carbons (Fsp3) is 0.333. The van der Waals surface area contributed by atoms with Crippen LogP contribution in [0.25, 0.3) is 0 Å². The van der Waals surface area contributed by atoms with E-state index in [4.69, 9.17) is 10.5 Å². The molecule has 0 saturated carbocycles. The first-order valence-corrected chi connectivity index (χ1v) is 5.17. The number of primary amides is 1. The highest BCUT2D eigenvalue weighted by molar-refractivity contribution is 6.02. The molecule has 1 rings (SSSR count). The number of esters is 1. The van der Waals surface area contributed by atoms with Crippen LogP contribution >= 0.6 is 0 Å². The van der Waals surface area contributed by atoms with E-state index in [1.54, 1.807) is 30.3 Å². The lowest BCUT2D eigenvalue weighted by Crippen LogP contribution is -2.29. The van der Waals surface area contributed by atoms with Gasteiger partial charge in [0, 0.05) is 0 Å². The van der Waals surface area contributed by atoms with Crippen LogP contribution in [0.2, 0.25) is 0 Å². The second kappa shape index (κ2) is 5.90. The van der Waals surface area contributed by atoms with Crippen LogP contribution in [0.1, 0.15) is 24.8 Å². The summed E-state index contributed by atoms with van der Waals surface area (Å²) < 4.78 is 4.93. The molecule has 1 aromatic rings. The summed E-state index contributed by atoms with van der Waals surface area (Å²) in [5.41, 5.74) is 5.77. The maximum Gasteiger partial charge on any atom is 0.323 e. The standard InChI is InChI=1S/C12H15NO3/c1-2-8-16-12(15)10(11(13)14)9-6-4-3-5-7-9/h3-7,10H,2,8H2,1H3,(H2,13,14). The third-order valence-electron chi connectivity index (χ3n) is 2.10. The van der Waals surface area contributed by atoms with Crippen LogP contribution in [0, 0.1) is 0 Å². The van der Waals surface area contributed by atoms with Crippen LogP contribution in [0.5, 0.6) is 0 Å².